The molecule has 0 saturated heterocycles. The highest BCUT2D eigenvalue weighted by molar-refractivity contribution is 5.77. The molecule has 1 saturated carbocycles. The Labute approximate surface area is 130 Å². The molecule has 1 aliphatic carbocycles. The highest BCUT2D eigenvalue weighted by Crippen LogP contribution is 2.32. The fraction of sp³-hybridized carbons (Fsp3) is 0.588. The van der Waals surface area contributed by atoms with Gasteiger partial charge < -0.3 is 4.74 Å². The Balaban J connectivity index is 1.67. The SMILES string of the molecule is COC(=O)C1CCC(Cc2cnc3c(C)nn(C)c3c2)CC1. The Bertz CT molecular complexity index is 685. The number of carbonyl (C=O) groups is 1. The zero-order valence-corrected chi connectivity index (χ0v) is 13.5. The van der Waals surface area contributed by atoms with Gasteiger partial charge in [-0.15, -0.1) is 0 Å². The van der Waals surface area contributed by atoms with E-state index in [0.29, 0.717) is 5.92 Å². The van der Waals surface area contributed by atoms with Crippen molar-refractivity contribution in [2.45, 2.75) is 39.0 Å². The number of aryl methyl sites for hydroxylation is 2. The van der Waals surface area contributed by atoms with Crippen LogP contribution in [0.25, 0.3) is 11.0 Å². The van der Waals surface area contributed by atoms with Crippen LogP contribution >= 0.6 is 0 Å². The lowest BCUT2D eigenvalue weighted by Gasteiger charge is -2.26. The molecule has 1 fully saturated rings. The van der Waals surface area contributed by atoms with Crippen LogP contribution in [0.5, 0.6) is 0 Å². The maximum Gasteiger partial charge on any atom is 0.308 e. The van der Waals surface area contributed by atoms with Gasteiger partial charge in [-0.05, 0) is 56.6 Å². The minimum absolute atomic E-state index is 0.0492. The Morgan fingerprint density at radius 2 is 2.09 bits per heavy atom. The van der Waals surface area contributed by atoms with Gasteiger partial charge in [0.1, 0.15) is 5.52 Å². The smallest absolute Gasteiger partial charge is 0.308 e. The van der Waals surface area contributed by atoms with E-state index in [9.17, 15) is 4.79 Å². The molecule has 0 amide bonds. The zero-order valence-electron chi connectivity index (χ0n) is 13.5. The molecule has 118 valence electrons. The fourth-order valence-corrected chi connectivity index (χ4v) is 3.56. The lowest BCUT2D eigenvalue weighted by Crippen LogP contribution is -2.23. The summed E-state index contributed by atoms with van der Waals surface area (Å²) in [6.07, 6.45) is 7.06. The molecule has 0 N–H and O–H groups in total. The lowest BCUT2D eigenvalue weighted by atomic mass is 9.79. The van der Waals surface area contributed by atoms with Crippen molar-refractivity contribution in [1.29, 1.82) is 0 Å². The third-order valence-corrected chi connectivity index (χ3v) is 4.82. The second kappa shape index (κ2) is 6.07. The highest BCUT2D eigenvalue weighted by atomic mass is 16.5. The zero-order chi connectivity index (χ0) is 15.7. The van der Waals surface area contributed by atoms with Gasteiger partial charge in [0.25, 0.3) is 0 Å². The molecule has 3 rings (SSSR count). The summed E-state index contributed by atoms with van der Waals surface area (Å²) < 4.78 is 6.75. The summed E-state index contributed by atoms with van der Waals surface area (Å²) in [7, 11) is 3.44. The van der Waals surface area contributed by atoms with Gasteiger partial charge in [-0.2, -0.15) is 5.10 Å². The van der Waals surface area contributed by atoms with E-state index in [2.05, 4.69) is 16.1 Å². The second-order valence-electron chi connectivity index (χ2n) is 6.37. The van der Waals surface area contributed by atoms with Crippen molar-refractivity contribution in [3.05, 3.63) is 23.5 Å². The molecule has 0 atom stereocenters. The number of hydrogen-bond acceptors (Lipinski definition) is 4. The van der Waals surface area contributed by atoms with E-state index in [0.717, 1.165) is 48.8 Å². The van der Waals surface area contributed by atoms with Crippen LogP contribution in [0.1, 0.15) is 36.9 Å². The fourth-order valence-electron chi connectivity index (χ4n) is 3.56. The topological polar surface area (TPSA) is 57.0 Å². The molecule has 1 aliphatic rings. The molecule has 0 aromatic carbocycles. The van der Waals surface area contributed by atoms with Gasteiger partial charge >= 0.3 is 5.97 Å². The van der Waals surface area contributed by atoms with E-state index in [-0.39, 0.29) is 11.9 Å². The van der Waals surface area contributed by atoms with E-state index in [4.69, 9.17) is 4.74 Å². The predicted octanol–water partition coefficient (Wildman–Crippen LogP) is 2.80. The van der Waals surface area contributed by atoms with Gasteiger partial charge in [-0.3, -0.25) is 14.5 Å². The first-order valence-electron chi connectivity index (χ1n) is 7.94. The monoisotopic (exact) mass is 301 g/mol. The van der Waals surface area contributed by atoms with Crippen LogP contribution in [0.15, 0.2) is 12.3 Å². The minimum Gasteiger partial charge on any atom is -0.469 e. The van der Waals surface area contributed by atoms with Crippen LogP contribution in [0.3, 0.4) is 0 Å². The van der Waals surface area contributed by atoms with Crippen LogP contribution in [0.2, 0.25) is 0 Å². The first kappa shape index (κ1) is 15.0. The molecule has 0 radical (unpaired) electrons. The molecule has 0 bridgehead atoms. The number of carbonyl (C=O) groups excluding carboxylic acids is 1. The Morgan fingerprint density at radius 3 is 2.77 bits per heavy atom. The third-order valence-electron chi connectivity index (χ3n) is 4.82. The summed E-state index contributed by atoms with van der Waals surface area (Å²) in [5.41, 5.74) is 4.32. The lowest BCUT2D eigenvalue weighted by molar-refractivity contribution is -0.146. The first-order valence-corrected chi connectivity index (χ1v) is 7.94. The molecule has 2 heterocycles. The third kappa shape index (κ3) is 2.85. The van der Waals surface area contributed by atoms with E-state index >= 15 is 0 Å². The molecule has 2 aromatic rings. The molecule has 5 heteroatoms. The summed E-state index contributed by atoms with van der Waals surface area (Å²) in [5.74, 6) is 0.683. The Morgan fingerprint density at radius 1 is 1.36 bits per heavy atom. The van der Waals surface area contributed by atoms with Crippen molar-refractivity contribution in [2.24, 2.45) is 18.9 Å². The predicted molar refractivity (Wildman–Crippen MR) is 84.4 cm³/mol. The number of rotatable bonds is 3. The van der Waals surface area contributed by atoms with Gasteiger partial charge in [0.2, 0.25) is 0 Å². The van der Waals surface area contributed by atoms with Crippen molar-refractivity contribution < 1.29 is 9.53 Å². The van der Waals surface area contributed by atoms with Gasteiger partial charge in [-0.1, -0.05) is 0 Å². The number of aromatic nitrogens is 3. The summed E-state index contributed by atoms with van der Waals surface area (Å²) in [4.78, 5) is 16.1. The van der Waals surface area contributed by atoms with E-state index < -0.39 is 0 Å². The largest absolute Gasteiger partial charge is 0.469 e. The van der Waals surface area contributed by atoms with Crippen molar-refractivity contribution in [3.63, 3.8) is 0 Å². The highest BCUT2D eigenvalue weighted by Gasteiger charge is 2.27. The van der Waals surface area contributed by atoms with Crippen LogP contribution < -0.4 is 0 Å². The first-order chi connectivity index (χ1) is 10.6. The average Bonchev–Trinajstić information content (AvgIpc) is 2.81. The summed E-state index contributed by atoms with van der Waals surface area (Å²) in [6.45, 7) is 1.99. The average molecular weight is 301 g/mol. The molecule has 22 heavy (non-hydrogen) atoms. The van der Waals surface area contributed by atoms with Gasteiger partial charge in [0.15, 0.2) is 0 Å². The quantitative estimate of drug-likeness (QED) is 0.818. The normalized spacial score (nSPS) is 22.0. The van der Waals surface area contributed by atoms with E-state index in [1.807, 2.05) is 24.9 Å². The second-order valence-corrected chi connectivity index (χ2v) is 6.37. The van der Waals surface area contributed by atoms with E-state index in [1.165, 1.54) is 12.7 Å². The number of esters is 1. The maximum atomic E-state index is 11.6. The molecule has 0 spiro atoms. The van der Waals surface area contributed by atoms with Gasteiger partial charge in [-0.25, -0.2) is 0 Å². The van der Waals surface area contributed by atoms with Crippen LogP contribution in [0, 0.1) is 18.8 Å². The number of pyridine rings is 1. The van der Waals surface area contributed by atoms with Gasteiger partial charge in [0.05, 0.1) is 24.2 Å². The van der Waals surface area contributed by atoms with Crippen molar-refractivity contribution in [2.75, 3.05) is 7.11 Å². The van der Waals surface area contributed by atoms with E-state index in [1.54, 1.807) is 0 Å². The number of nitrogens with zero attached hydrogens (tertiary/aromatic N) is 3. The minimum atomic E-state index is -0.0492. The number of methoxy groups -OCH3 is 1. The van der Waals surface area contributed by atoms with Crippen LogP contribution in [-0.2, 0) is 23.0 Å². The number of hydrogen-bond donors (Lipinski definition) is 0. The van der Waals surface area contributed by atoms with Gasteiger partial charge in [0, 0.05) is 13.2 Å². The van der Waals surface area contributed by atoms with Crippen LogP contribution in [0.4, 0.5) is 0 Å². The summed E-state index contributed by atoms with van der Waals surface area (Å²) in [5, 5.41) is 4.42. The molecular formula is C17H23N3O2. The molecule has 0 unspecified atom stereocenters. The molecule has 0 aliphatic heterocycles. The molecule has 2 aromatic heterocycles. The number of fused-ring (bicyclic) bond motifs is 1. The Hall–Kier alpha value is -1.91. The summed E-state index contributed by atoms with van der Waals surface area (Å²) >= 11 is 0. The molecule has 5 nitrogen and oxygen atoms in total. The van der Waals surface area contributed by atoms with Crippen LogP contribution in [-0.4, -0.2) is 27.8 Å². The van der Waals surface area contributed by atoms with Crippen molar-refractivity contribution in [3.8, 4) is 0 Å². The molecular weight excluding hydrogens is 278 g/mol. The van der Waals surface area contributed by atoms with Crippen molar-refractivity contribution >= 4 is 17.0 Å². The van der Waals surface area contributed by atoms with Crippen molar-refractivity contribution in [1.82, 2.24) is 14.8 Å². The summed E-state index contributed by atoms with van der Waals surface area (Å²) in [6, 6.07) is 2.20. The standard InChI is InChI=1S/C17H23N3O2/c1-11-16-15(20(2)19-11)9-13(10-18-16)8-12-4-6-14(7-5-12)17(21)22-3/h9-10,12,14H,4-8H2,1-3H3. The number of ether oxygens (including phenoxy) is 1. The maximum absolute atomic E-state index is 11.6. The Kier molecular flexibility index (Phi) is 4.14.